The number of benzene rings is 1. The zero-order valence-corrected chi connectivity index (χ0v) is 10.8. The topological polar surface area (TPSA) is 15.3 Å². The second-order valence-corrected chi connectivity index (χ2v) is 5.23. The van der Waals surface area contributed by atoms with Crippen LogP contribution in [-0.2, 0) is 0 Å². The minimum atomic E-state index is 0.0637. The van der Waals surface area contributed by atoms with E-state index in [9.17, 15) is 0 Å². The van der Waals surface area contributed by atoms with Gasteiger partial charge in [0.15, 0.2) is 0 Å². The molecule has 0 aliphatic rings. The lowest BCUT2D eigenvalue weighted by molar-refractivity contribution is 0.216. The van der Waals surface area contributed by atoms with Crippen LogP contribution in [0.3, 0.4) is 0 Å². The van der Waals surface area contributed by atoms with Crippen molar-refractivity contribution in [3.8, 4) is 0 Å². The number of rotatable bonds is 2. The zero-order chi connectivity index (χ0) is 11.6. The van der Waals surface area contributed by atoms with E-state index < -0.39 is 0 Å². The Bertz CT molecular complexity index is 342. The third-order valence-electron chi connectivity index (χ3n) is 2.42. The van der Waals surface area contributed by atoms with Gasteiger partial charge in [-0.25, -0.2) is 5.01 Å². The van der Waals surface area contributed by atoms with E-state index in [1.165, 1.54) is 5.56 Å². The molecule has 0 radical (unpaired) electrons. The van der Waals surface area contributed by atoms with Crippen molar-refractivity contribution in [3.05, 3.63) is 28.8 Å². The fourth-order valence-corrected chi connectivity index (χ4v) is 1.34. The largest absolute Gasteiger partial charge is 0.317 e. The standard InChI is InChI=1S/C12H19ClN2/c1-9-6-7-11(10(13)8-9)14-15(5)12(2,3)4/h6-8,14H,1-5H3. The molecule has 0 aromatic heterocycles. The number of hydrazine groups is 1. The summed E-state index contributed by atoms with van der Waals surface area (Å²) in [6.45, 7) is 8.45. The number of hydrogen-bond donors (Lipinski definition) is 1. The van der Waals surface area contributed by atoms with E-state index in [0.29, 0.717) is 0 Å². The van der Waals surface area contributed by atoms with Crippen LogP contribution in [0.25, 0.3) is 0 Å². The molecule has 0 amide bonds. The van der Waals surface area contributed by atoms with Crippen LogP contribution in [0.2, 0.25) is 5.02 Å². The van der Waals surface area contributed by atoms with Crippen molar-refractivity contribution in [2.75, 3.05) is 12.5 Å². The summed E-state index contributed by atoms with van der Waals surface area (Å²) < 4.78 is 0. The third-order valence-corrected chi connectivity index (χ3v) is 2.73. The van der Waals surface area contributed by atoms with Gasteiger partial charge in [-0.15, -0.1) is 0 Å². The molecule has 84 valence electrons. The SMILES string of the molecule is Cc1ccc(NN(C)C(C)(C)C)c(Cl)c1. The smallest absolute Gasteiger partial charge is 0.0676 e. The molecule has 1 aromatic carbocycles. The van der Waals surface area contributed by atoms with E-state index >= 15 is 0 Å². The van der Waals surface area contributed by atoms with Crippen molar-refractivity contribution in [2.45, 2.75) is 33.2 Å². The number of anilines is 1. The molecular weight excluding hydrogens is 208 g/mol. The third kappa shape index (κ3) is 3.40. The monoisotopic (exact) mass is 226 g/mol. The summed E-state index contributed by atoms with van der Waals surface area (Å²) in [6.07, 6.45) is 0. The van der Waals surface area contributed by atoms with Crippen molar-refractivity contribution in [2.24, 2.45) is 0 Å². The van der Waals surface area contributed by atoms with Crippen LogP contribution in [0.4, 0.5) is 5.69 Å². The lowest BCUT2D eigenvalue weighted by Crippen LogP contribution is -2.42. The first-order valence-electron chi connectivity index (χ1n) is 5.07. The molecule has 0 atom stereocenters. The highest BCUT2D eigenvalue weighted by molar-refractivity contribution is 6.33. The Morgan fingerprint density at radius 2 is 1.87 bits per heavy atom. The normalized spacial score (nSPS) is 11.9. The van der Waals surface area contributed by atoms with Crippen LogP contribution >= 0.6 is 11.6 Å². The van der Waals surface area contributed by atoms with Gasteiger partial charge in [-0.1, -0.05) is 17.7 Å². The Morgan fingerprint density at radius 1 is 1.27 bits per heavy atom. The molecule has 15 heavy (non-hydrogen) atoms. The Labute approximate surface area is 97.2 Å². The van der Waals surface area contributed by atoms with Crippen LogP contribution in [0, 0.1) is 6.92 Å². The molecule has 3 heteroatoms. The van der Waals surface area contributed by atoms with Gasteiger partial charge in [0, 0.05) is 12.6 Å². The summed E-state index contributed by atoms with van der Waals surface area (Å²) in [4.78, 5) is 0. The summed E-state index contributed by atoms with van der Waals surface area (Å²) in [7, 11) is 2.01. The van der Waals surface area contributed by atoms with Crippen molar-refractivity contribution in [1.82, 2.24) is 5.01 Å². The van der Waals surface area contributed by atoms with Gasteiger partial charge in [-0.2, -0.15) is 0 Å². The van der Waals surface area contributed by atoms with E-state index in [-0.39, 0.29) is 5.54 Å². The van der Waals surface area contributed by atoms with Gasteiger partial charge in [-0.05, 0) is 45.4 Å². The molecule has 0 spiro atoms. The molecule has 0 aliphatic heterocycles. The summed E-state index contributed by atoms with van der Waals surface area (Å²) in [6, 6.07) is 6.00. The molecular formula is C12H19ClN2. The van der Waals surface area contributed by atoms with Gasteiger partial charge in [0.25, 0.3) is 0 Å². The highest BCUT2D eigenvalue weighted by Crippen LogP contribution is 2.24. The Morgan fingerprint density at radius 3 is 2.33 bits per heavy atom. The lowest BCUT2D eigenvalue weighted by Gasteiger charge is -2.33. The van der Waals surface area contributed by atoms with E-state index in [2.05, 4.69) is 26.2 Å². The molecule has 1 rings (SSSR count). The fourth-order valence-electron chi connectivity index (χ4n) is 1.06. The quantitative estimate of drug-likeness (QED) is 0.774. The molecule has 0 fully saturated rings. The number of hydrogen-bond acceptors (Lipinski definition) is 2. The average Bonchev–Trinajstić information content (AvgIpc) is 2.08. The maximum Gasteiger partial charge on any atom is 0.0676 e. The van der Waals surface area contributed by atoms with Crippen LogP contribution in [0.5, 0.6) is 0 Å². The molecule has 0 unspecified atom stereocenters. The van der Waals surface area contributed by atoms with Gasteiger partial charge in [0.1, 0.15) is 0 Å². The van der Waals surface area contributed by atoms with E-state index in [4.69, 9.17) is 11.6 Å². The summed E-state index contributed by atoms with van der Waals surface area (Å²) in [5.41, 5.74) is 5.46. The average molecular weight is 227 g/mol. The van der Waals surface area contributed by atoms with Crippen molar-refractivity contribution >= 4 is 17.3 Å². The number of halogens is 1. The van der Waals surface area contributed by atoms with Gasteiger partial charge in [0.05, 0.1) is 10.7 Å². The Balaban J connectivity index is 2.82. The van der Waals surface area contributed by atoms with Crippen LogP contribution in [0.15, 0.2) is 18.2 Å². The van der Waals surface area contributed by atoms with Gasteiger partial charge in [-0.3, -0.25) is 0 Å². The minimum absolute atomic E-state index is 0.0637. The van der Waals surface area contributed by atoms with E-state index in [0.717, 1.165) is 10.7 Å². The molecule has 0 bridgehead atoms. The summed E-state index contributed by atoms with van der Waals surface area (Å²) in [5.74, 6) is 0. The Kier molecular flexibility index (Phi) is 3.63. The highest BCUT2D eigenvalue weighted by Gasteiger charge is 2.17. The fraction of sp³-hybridized carbons (Fsp3) is 0.500. The summed E-state index contributed by atoms with van der Waals surface area (Å²) in [5, 5.41) is 2.80. The molecule has 0 aliphatic carbocycles. The van der Waals surface area contributed by atoms with Crippen molar-refractivity contribution < 1.29 is 0 Å². The van der Waals surface area contributed by atoms with Gasteiger partial charge < -0.3 is 5.43 Å². The van der Waals surface area contributed by atoms with Crippen LogP contribution in [0.1, 0.15) is 26.3 Å². The molecule has 1 aromatic rings. The first-order valence-corrected chi connectivity index (χ1v) is 5.45. The van der Waals surface area contributed by atoms with Gasteiger partial charge >= 0.3 is 0 Å². The maximum atomic E-state index is 6.13. The molecule has 0 saturated heterocycles. The zero-order valence-electron chi connectivity index (χ0n) is 10.1. The molecule has 2 nitrogen and oxygen atoms in total. The number of nitrogens with zero attached hydrogens (tertiary/aromatic N) is 1. The highest BCUT2D eigenvalue weighted by atomic mass is 35.5. The number of nitrogens with one attached hydrogen (secondary N) is 1. The van der Waals surface area contributed by atoms with E-state index in [1.807, 2.05) is 37.2 Å². The molecule has 1 N–H and O–H groups in total. The second-order valence-electron chi connectivity index (χ2n) is 4.82. The number of aryl methyl sites for hydroxylation is 1. The molecule has 0 heterocycles. The minimum Gasteiger partial charge on any atom is -0.317 e. The second kappa shape index (κ2) is 4.42. The predicted molar refractivity (Wildman–Crippen MR) is 67.3 cm³/mol. The van der Waals surface area contributed by atoms with E-state index in [1.54, 1.807) is 0 Å². The van der Waals surface area contributed by atoms with Crippen LogP contribution in [-0.4, -0.2) is 17.6 Å². The van der Waals surface area contributed by atoms with Crippen molar-refractivity contribution in [3.63, 3.8) is 0 Å². The maximum absolute atomic E-state index is 6.13. The Hall–Kier alpha value is -0.730. The predicted octanol–water partition coefficient (Wildman–Crippen LogP) is 3.71. The first kappa shape index (κ1) is 12.3. The van der Waals surface area contributed by atoms with Gasteiger partial charge in [0.2, 0.25) is 0 Å². The lowest BCUT2D eigenvalue weighted by atomic mass is 10.1. The molecule has 0 saturated carbocycles. The van der Waals surface area contributed by atoms with Crippen LogP contribution < -0.4 is 5.43 Å². The summed E-state index contributed by atoms with van der Waals surface area (Å²) >= 11 is 6.13. The first-order chi connectivity index (χ1) is 6.80. The van der Waals surface area contributed by atoms with Crippen molar-refractivity contribution in [1.29, 1.82) is 0 Å².